The predicted molar refractivity (Wildman–Crippen MR) is 62.1 cm³/mol. The van der Waals surface area contributed by atoms with Crippen molar-refractivity contribution in [3.8, 4) is 5.75 Å². The minimum atomic E-state index is -0.772. The molecule has 98 valence electrons. The largest absolute Gasteiger partial charge is 0.485 e. The molecule has 0 aromatic heterocycles. The summed E-state index contributed by atoms with van der Waals surface area (Å²) in [5, 5.41) is 20.2. The van der Waals surface area contributed by atoms with E-state index in [9.17, 15) is 19.6 Å². The Morgan fingerprint density at radius 2 is 2.22 bits per heavy atom. The predicted octanol–water partition coefficient (Wildman–Crippen LogP) is 2.33. The Bertz CT molecular complexity index is 477. The summed E-state index contributed by atoms with van der Waals surface area (Å²) in [6, 6.07) is 2.16. The number of rotatable bonds is 3. The third-order valence-electron chi connectivity index (χ3n) is 3.14. The van der Waals surface area contributed by atoms with Crippen molar-refractivity contribution in [1.29, 1.82) is 0 Å². The highest BCUT2D eigenvalue weighted by molar-refractivity contribution is 5.45. The number of hydrogen-bond acceptors (Lipinski definition) is 4. The number of aliphatic hydroxyl groups is 1. The summed E-state index contributed by atoms with van der Waals surface area (Å²) < 4.78 is 19.0. The van der Waals surface area contributed by atoms with E-state index in [4.69, 9.17) is 4.74 Å². The monoisotopic (exact) mass is 255 g/mol. The Kier molecular flexibility index (Phi) is 3.47. The first-order valence-electron chi connectivity index (χ1n) is 5.78. The molecular formula is C12H14FNO4. The van der Waals surface area contributed by atoms with Gasteiger partial charge in [-0.3, -0.25) is 10.1 Å². The molecule has 5 nitrogen and oxygen atoms in total. The maximum Gasteiger partial charge on any atom is 0.275 e. The molecule has 1 saturated carbocycles. The van der Waals surface area contributed by atoms with E-state index >= 15 is 0 Å². The van der Waals surface area contributed by atoms with Crippen LogP contribution in [0.5, 0.6) is 5.75 Å². The van der Waals surface area contributed by atoms with Crippen molar-refractivity contribution in [3.05, 3.63) is 33.6 Å². The number of nitro groups is 1. The molecule has 1 N–H and O–H groups in total. The zero-order chi connectivity index (χ0) is 13.3. The molecule has 6 heteroatoms. The van der Waals surface area contributed by atoms with Gasteiger partial charge in [0, 0.05) is 5.56 Å². The summed E-state index contributed by atoms with van der Waals surface area (Å²) in [6.45, 7) is 1.52. The second kappa shape index (κ2) is 4.89. The van der Waals surface area contributed by atoms with E-state index in [0.717, 1.165) is 12.5 Å². The van der Waals surface area contributed by atoms with Crippen LogP contribution in [0.2, 0.25) is 0 Å². The maximum absolute atomic E-state index is 13.7. The Morgan fingerprint density at radius 3 is 2.78 bits per heavy atom. The van der Waals surface area contributed by atoms with Crippen LogP contribution < -0.4 is 4.74 Å². The minimum Gasteiger partial charge on any atom is -0.485 e. The van der Waals surface area contributed by atoms with E-state index in [0.29, 0.717) is 18.4 Å². The number of nitro benzene ring substituents is 1. The molecule has 0 bridgehead atoms. The molecule has 0 spiro atoms. The van der Waals surface area contributed by atoms with Crippen LogP contribution in [0.25, 0.3) is 0 Å². The van der Waals surface area contributed by atoms with E-state index in [2.05, 4.69) is 0 Å². The fraction of sp³-hybridized carbons (Fsp3) is 0.500. The molecule has 0 radical (unpaired) electrons. The molecule has 0 unspecified atom stereocenters. The molecule has 1 aliphatic rings. The molecule has 1 fully saturated rings. The van der Waals surface area contributed by atoms with Crippen LogP contribution >= 0.6 is 0 Å². The quantitative estimate of drug-likeness (QED) is 0.664. The van der Waals surface area contributed by atoms with Crippen molar-refractivity contribution in [2.75, 3.05) is 0 Å². The molecule has 0 aliphatic heterocycles. The van der Waals surface area contributed by atoms with E-state index in [1.54, 1.807) is 0 Å². The van der Waals surface area contributed by atoms with Gasteiger partial charge in [0.05, 0.1) is 17.1 Å². The summed E-state index contributed by atoms with van der Waals surface area (Å²) in [5.41, 5.74) is 0.0655. The second-order valence-corrected chi connectivity index (χ2v) is 4.48. The van der Waals surface area contributed by atoms with Crippen molar-refractivity contribution in [2.45, 2.75) is 38.4 Å². The van der Waals surface area contributed by atoms with Crippen molar-refractivity contribution in [2.24, 2.45) is 0 Å². The van der Waals surface area contributed by atoms with Gasteiger partial charge in [0.25, 0.3) is 5.69 Å². The molecule has 0 saturated heterocycles. The molecule has 0 heterocycles. The van der Waals surface area contributed by atoms with E-state index in [1.807, 2.05) is 0 Å². The first-order chi connectivity index (χ1) is 8.49. The van der Waals surface area contributed by atoms with Gasteiger partial charge in [-0.05, 0) is 32.3 Å². The lowest BCUT2D eigenvalue weighted by molar-refractivity contribution is -0.385. The SMILES string of the molecule is Cc1cc(O[C@H]2CCC[C@@H]2O)c(F)cc1[N+](=O)[O-]. The lowest BCUT2D eigenvalue weighted by atomic mass is 10.2. The topological polar surface area (TPSA) is 72.6 Å². The van der Waals surface area contributed by atoms with Gasteiger partial charge in [-0.15, -0.1) is 0 Å². The second-order valence-electron chi connectivity index (χ2n) is 4.48. The van der Waals surface area contributed by atoms with Crippen LogP contribution in [-0.4, -0.2) is 22.2 Å². The highest BCUT2D eigenvalue weighted by Crippen LogP contribution is 2.30. The third kappa shape index (κ3) is 2.43. The highest BCUT2D eigenvalue weighted by atomic mass is 19.1. The first-order valence-corrected chi connectivity index (χ1v) is 5.78. The Hall–Kier alpha value is -1.69. The highest BCUT2D eigenvalue weighted by Gasteiger charge is 2.28. The standard InChI is InChI=1S/C12H14FNO4/c1-7-5-12(8(13)6-9(7)14(16)17)18-11-4-2-3-10(11)15/h5-6,10-11,15H,2-4H2,1H3/t10-,11-/m0/s1. The lowest BCUT2D eigenvalue weighted by Gasteiger charge is -2.17. The molecular weight excluding hydrogens is 241 g/mol. The average Bonchev–Trinajstić information content (AvgIpc) is 2.69. The zero-order valence-corrected chi connectivity index (χ0v) is 9.93. The summed E-state index contributed by atoms with van der Waals surface area (Å²) in [7, 11) is 0. The molecule has 18 heavy (non-hydrogen) atoms. The Balaban J connectivity index is 2.23. The number of nitrogens with zero attached hydrogens (tertiary/aromatic N) is 1. The van der Waals surface area contributed by atoms with E-state index < -0.39 is 22.9 Å². The van der Waals surface area contributed by atoms with Crippen molar-refractivity contribution in [1.82, 2.24) is 0 Å². The van der Waals surface area contributed by atoms with Crippen molar-refractivity contribution < 1.29 is 19.2 Å². The number of aryl methyl sites for hydroxylation is 1. The van der Waals surface area contributed by atoms with Gasteiger partial charge in [-0.1, -0.05) is 0 Å². The van der Waals surface area contributed by atoms with Gasteiger partial charge in [-0.2, -0.15) is 0 Å². The lowest BCUT2D eigenvalue weighted by Crippen LogP contribution is -2.26. The van der Waals surface area contributed by atoms with Crippen molar-refractivity contribution >= 4 is 5.69 Å². The van der Waals surface area contributed by atoms with E-state index in [-0.39, 0.29) is 11.4 Å². The Labute approximate surface area is 103 Å². The number of halogens is 1. The van der Waals surface area contributed by atoms with Gasteiger partial charge < -0.3 is 9.84 Å². The molecule has 0 amide bonds. The van der Waals surface area contributed by atoms with Crippen LogP contribution in [0.1, 0.15) is 24.8 Å². The van der Waals surface area contributed by atoms with Gasteiger partial charge >= 0.3 is 0 Å². The van der Waals surface area contributed by atoms with Gasteiger partial charge in [0.15, 0.2) is 11.6 Å². The number of aliphatic hydroxyl groups excluding tert-OH is 1. The smallest absolute Gasteiger partial charge is 0.275 e. The van der Waals surface area contributed by atoms with Gasteiger partial charge in [0.1, 0.15) is 6.10 Å². The minimum absolute atomic E-state index is 0.0379. The summed E-state index contributed by atoms with van der Waals surface area (Å²) in [5.74, 6) is -0.810. The third-order valence-corrected chi connectivity index (χ3v) is 3.14. The molecule has 1 aromatic carbocycles. The van der Waals surface area contributed by atoms with Crippen LogP contribution in [0.3, 0.4) is 0 Å². The van der Waals surface area contributed by atoms with Crippen LogP contribution in [0.4, 0.5) is 10.1 Å². The van der Waals surface area contributed by atoms with Gasteiger partial charge in [0.2, 0.25) is 0 Å². The zero-order valence-electron chi connectivity index (χ0n) is 9.93. The average molecular weight is 255 g/mol. The number of benzene rings is 1. The first kappa shape index (κ1) is 12.8. The van der Waals surface area contributed by atoms with E-state index in [1.165, 1.54) is 13.0 Å². The normalized spacial score (nSPS) is 23.1. The summed E-state index contributed by atoms with van der Waals surface area (Å²) in [6.07, 6.45) is 1.11. The van der Waals surface area contributed by atoms with Crippen LogP contribution in [0, 0.1) is 22.9 Å². The summed E-state index contributed by atoms with van der Waals surface area (Å²) >= 11 is 0. The number of ether oxygens (including phenoxy) is 1. The Morgan fingerprint density at radius 1 is 1.50 bits per heavy atom. The molecule has 1 aromatic rings. The van der Waals surface area contributed by atoms with Crippen molar-refractivity contribution in [3.63, 3.8) is 0 Å². The van der Waals surface area contributed by atoms with Crippen LogP contribution in [0.15, 0.2) is 12.1 Å². The summed E-state index contributed by atoms with van der Waals surface area (Å²) in [4.78, 5) is 10.0. The van der Waals surface area contributed by atoms with Crippen LogP contribution in [-0.2, 0) is 0 Å². The molecule has 2 rings (SSSR count). The fourth-order valence-electron chi connectivity index (χ4n) is 2.14. The number of hydrogen-bond donors (Lipinski definition) is 1. The van der Waals surface area contributed by atoms with Gasteiger partial charge in [-0.25, -0.2) is 4.39 Å². The maximum atomic E-state index is 13.7. The fourth-order valence-corrected chi connectivity index (χ4v) is 2.14. The molecule has 1 aliphatic carbocycles. The molecule has 2 atom stereocenters.